The number of carbonyl (C=O) groups is 4. The second-order valence-corrected chi connectivity index (χ2v) is 13.6. The fourth-order valence-corrected chi connectivity index (χ4v) is 4.89. The van der Waals surface area contributed by atoms with Crippen molar-refractivity contribution in [2.75, 3.05) is 218 Å². The molecule has 1 unspecified atom stereocenters. The predicted octanol–water partition coefficient (Wildman–Crippen LogP) is -1.81. The van der Waals surface area contributed by atoms with E-state index in [1.165, 1.54) is 0 Å². The van der Waals surface area contributed by atoms with Crippen molar-refractivity contribution in [3.8, 4) is 0 Å². The second kappa shape index (κ2) is 53.2. The Balaban J connectivity index is 3.15. The first-order valence-corrected chi connectivity index (χ1v) is 22.7. The lowest BCUT2D eigenvalue weighted by Crippen LogP contribution is -2.39. The summed E-state index contributed by atoms with van der Waals surface area (Å²) >= 11 is 0. The topological polar surface area (TPSA) is 289 Å². The smallest absolute Gasteiger partial charge is 0.312 e. The molecule has 0 heterocycles. The molecule has 0 saturated carbocycles. The average molecular weight is 963 g/mol. The van der Waals surface area contributed by atoms with Gasteiger partial charge in [0, 0.05) is 13.1 Å². The summed E-state index contributed by atoms with van der Waals surface area (Å²) in [7, 11) is 1.69. The summed E-state index contributed by atoms with van der Waals surface area (Å²) in [6.45, 7) is 13.3. The third kappa shape index (κ3) is 52.2. The van der Waals surface area contributed by atoms with Crippen molar-refractivity contribution in [3.63, 3.8) is 0 Å². The van der Waals surface area contributed by atoms with Crippen LogP contribution >= 0.6 is 0 Å². The fourth-order valence-electron chi connectivity index (χ4n) is 4.89. The monoisotopic (exact) mass is 963 g/mol. The fraction of sp³-hybridized carbons (Fsp3) is 0.905. The number of primary amides is 1. The van der Waals surface area contributed by atoms with Gasteiger partial charge in [0.1, 0.15) is 13.0 Å². The molecule has 0 aromatic carbocycles. The Hall–Kier alpha value is -2.76. The molecule has 0 aromatic rings. The zero-order valence-electron chi connectivity index (χ0n) is 39.3. The predicted molar refractivity (Wildman–Crippen MR) is 236 cm³/mol. The van der Waals surface area contributed by atoms with Gasteiger partial charge in [0.05, 0.1) is 198 Å². The minimum Gasteiger partial charge on any atom is -0.481 e. The Labute approximate surface area is 390 Å². The normalized spacial score (nSPS) is 11.8. The van der Waals surface area contributed by atoms with Gasteiger partial charge < -0.3 is 97.8 Å². The van der Waals surface area contributed by atoms with Crippen molar-refractivity contribution in [2.24, 2.45) is 5.73 Å². The maximum absolute atomic E-state index is 11.8. The van der Waals surface area contributed by atoms with Crippen LogP contribution in [0.5, 0.6) is 0 Å². The van der Waals surface area contributed by atoms with E-state index in [2.05, 4.69) is 16.0 Å². The number of likely N-dealkylation sites (N-methyl/N-ethyl adjacent to an activating group) is 1. The lowest BCUT2D eigenvalue weighted by molar-refractivity contribution is -0.140. The van der Waals surface area contributed by atoms with Gasteiger partial charge in [-0.15, -0.1) is 0 Å². The second-order valence-electron chi connectivity index (χ2n) is 13.6. The van der Waals surface area contributed by atoms with E-state index in [0.29, 0.717) is 198 Å². The maximum Gasteiger partial charge on any atom is 0.312 e. The van der Waals surface area contributed by atoms with E-state index in [9.17, 15) is 19.2 Å². The molecule has 66 heavy (non-hydrogen) atoms. The largest absolute Gasteiger partial charge is 0.481 e. The van der Waals surface area contributed by atoms with Crippen LogP contribution in [-0.4, -0.2) is 253 Å². The van der Waals surface area contributed by atoms with E-state index in [4.69, 9.17) is 81.9 Å². The van der Waals surface area contributed by atoms with Crippen LogP contribution in [0, 0.1) is 0 Å². The van der Waals surface area contributed by atoms with Crippen molar-refractivity contribution in [2.45, 2.75) is 31.7 Å². The number of unbranched alkanes of at least 4 members (excludes halogenated alkanes) is 1. The Morgan fingerprint density at radius 1 is 0.394 bits per heavy atom. The first-order chi connectivity index (χ1) is 32.4. The average Bonchev–Trinajstić information content (AvgIpc) is 3.29. The van der Waals surface area contributed by atoms with E-state index in [-0.39, 0.29) is 37.6 Å². The number of rotatable bonds is 56. The molecule has 390 valence electrons. The lowest BCUT2D eigenvalue weighted by Gasteiger charge is -2.12. The molecule has 24 nitrogen and oxygen atoms in total. The van der Waals surface area contributed by atoms with Crippen LogP contribution in [0.3, 0.4) is 0 Å². The molecule has 0 aliphatic carbocycles. The Kier molecular flexibility index (Phi) is 51.0. The SMILES string of the molecule is CNC(CCCCNC(=O)COCCOCCOCCOCCOCCOCCOCCOCCOCCOCCOCCOCCOCCOCCOCCNC(=O)CC(=O)O)C(N)=O. The van der Waals surface area contributed by atoms with Gasteiger partial charge in [-0.2, -0.15) is 0 Å². The Morgan fingerprint density at radius 2 is 0.667 bits per heavy atom. The number of nitrogens with one attached hydrogen (secondary N) is 3. The summed E-state index contributed by atoms with van der Waals surface area (Å²) in [5, 5.41) is 16.6. The van der Waals surface area contributed by atoms with Gasteiger partial charge in [0.25, 0.3) is 0 Å². The standard InChI is InChI=1S/C42H82N4O20/c1-44-38(42(43)51)4-2-3-5-45-40(48)37-66-35-34-65-33-32-64-31-30-63-29-28-62-27-26-61-25-24-60-23-22-59-21-20-58-19-18-57-17-16-56-15-14-55-13-12-54-11-10-53-9-8-52-7-6-46-39(47)36-41(49)50/h38,44H,2-37H2,1H3,(H2,43,51)(H,45,48)(H,46,47)(H,49,50). The van der Waals surface area contributed by atoms with E-state index >= 15 is 0 Å². The summed E-state index contributed by atoms with van der Waals surface area (Å²) in [5.41, 5.74) is 5.28. The third-order valence-electron chi connectivity index (χ3n) is 8.26. The van der Waals surface area contributed by atoms with Gasteiger partial charge in [0.2, 0.25) is 17.7 Å². The van der Waals surface area contributed by atoms with Gasteiger partial charge in [-0.25, -0.2) is 0 Å². The highest BCUT2D eigenvalue weighted by Gasteiger charge is 2.11. The molecular formula is C42H82N4O20. The van der Waals surface area contributed by atoms with Gasteiger partial charge in [-0.05, 0) is 26.3 Å². The molecule has 0 radical (unpaired) electrons. The molecule has 0 rings (SSSR count). The third-order valence-corrected chi connectivity index (χ3v) is 8.26. The summed E-state index contributed by atoms with van der Waals surface area (Å²) in [6.07, 6.45) is 1.60. The number of carboxylic acid groups (broad SMARTS) is 1. The van der Waals surface area contributed by atoms with E-state index in [1.807, 2.05) is 0 Å². The number of nitrogens with two attached hydrogens (primary N) is 1. The van der Waals surface area contributed by atoms with E-state index < -0.39 is 18.3 Å². The molecule has 0 aliphatic rings. The molecule has 24 heteroatoms. The number of hydrogen-bond donors (Lipinski definition) is 5. The van der Waals surface area contributed by atoms with Crippen LogP contribution in [0.25, 0.3) is 0 Å². The van der Waals surface area contributed by atoms with Crippen molar-refractivity contribution in [1.82, 2.24) is 16.0 Å². The van der Waals surface area contributed by atoms with Gasteiger partial charge in [-0.1, -0.05) is 0 Å². The quantitative estimate of drug-likeness (QED) is 0.0332. The first kappa shape index (κ1) is 63.2. The molecule has 1 atom stereocenters. The number of carbonyl (C=O) groups excluding carboxylic acids is 3. The minimum absolute atomic E-state index is 0.0336. The molecule has 0 aliphatic heterocycles. The van der Waals surface area contributed by atoms with Crippen molar-refractivity contribution in [1.29, 1.82) is 0 Å². The Morgan fingerprint density at radius 3 is 0.939 bits per heavy atom. The number of hydrogen-bond acceptors (Lipinski definition) is 20. The number of carboxylic acids is 1. The number of aliphatic carboxylic acids is 1. The summed E-state index contributed by atoms with van der Waals surface area (Å²) in [4.78, 5) is 44.5. The molecule has 0 aromatic heterocycles. The van der Waals surface area contributed by atoms with Crippen LogP contribution in [0.15, 0.2) is 0 Å². The zero-order valence-corrected chi connectivity index (χ0v) is 39.3. The number of amides is 3. The lowest BCUT2D eigenvalue weighted by atomic mass is 10.1. The molecule has 0 bridgehead atoms. The molecule has 0 spiro atoms. The summed E-state index contributed by atoms with van der Waals surface area (Å²) in [6, 6.07) is -0.346. The first-order valence-electron chi connectivity index (χ1n) is 22.7. The van der Waals surface area contributed by atoms with Crippen LogP contribution in [0.2, 0.25) is 0 Å². The zero-order chi connectivity index (χ0) is 48.1. The van der Waals surface area contributed by atoms with Crippen molar-refractivity contribution in [3.05, 3.63) is 0 Å². The van der Waals surface area contributed by atoms with Gasteiger partial charge in [0.15, 0.2) is 0 Å². The van der Waals surface area contributed by atoms with E-state index in [1.54, 1.807) is 7.05 Å². The van der Waals surface area contributed by atoms with Crippen LogP contribution < -0.4 is 21.7 Å². The van der Waals surface area contributed by atoms with Crippen LogP contribution in [0.1, 0.15) is 25.7 Å². The van der Waals surface area contributed by atoms with Gasteiger partial charge in [-0.3, -0.25) is 19.2 Å². The maximum atomic E-state index is 11.8. The van der Waals surface area contributed by atoms with Gasteiger partial charge >= 0.3 is 5.97 Å². The number of ether oxygens (including phenoxy) is 15. The Bertz CT molecular complexity index is 1090. The molecular weight excluding hydrogens is 880 g/mol. The van der Waals surface area contributed by atoms with Crippen LogP contribution in [0.4, 0.5) is 0 Å². The van der Waals surface area contributed by atoms with Crippen molar-refractivity contribution < 1.29 is 95.3 Å². The summed E-state index contributed by atoms with van der Waals surface area (Å²) < 4.78 is 81.6. The molecule has 6 N–H and O–H groups in total. The van der Waals surface area contributed by atoms with E-state index in [0.717, 1.165) is 12.8 Å². The highest BCUT2D eigenvalue weighted by atomic mass is 16.6. The van der Waals surface area contributed by atoms with Crippen molar-refractivity contribution >= 4 is 23.7 Å². The summed E-state index contributed by atoms with van der Waals surface area (Å²) in [5.74, 6) is -2.29. The minimum atomic E-state index is -1.17. The molecule has 0 saturated heterocycles. The highest BCUT2D eigenvalue weighted by Crippen LogP contribution is 1.99. The molecule has 3 amide bonds. The molecule has 0 fully saturated rings. The van der Waals surface area contributed by atoms with Crippen LogP contribution in [-0.2, 0) is 90.2 Å². The highest BCUT2D eigenvalue weighted by molar-refractivity contribution is 5.93.